The summed E-state index contributed by atoms with van der Waals surface area (Å²) in [5.74, 6) is 0.884. The van der Waals surface area contributed by atoms with Gasteiger partial charge in [0.25, 0.3) is 0 Å². The van der Waals surface area contributed by atoms with E-state index in [1.807, 2.05) is 34.6 Å². The van der Waals surface area contributed by atoms with Crippen LogP contribution in [0.4, 0.5) is 0 Å². The van der Waals surface area contributed by atoms with Crippen molar-refractivity contribution >= 4 is 0 Å². The van der Waals surface area contributed by atoms with Crippen molar-refractivity contribution in [3.8, 4) is 0 Å². The molecule has 0 saturated carbocycles. The molecule has 0 fully saturated rings. The Morgan fingerprint density at radius 2 is 1.07 bits per heavy atom. The highest BCUT2D eigenvalue weighted by atomic mass is 13.9. The lowest BCUT2D eigenvalue weighted by molar-refractivity contribution is 0.626. The van der Waals surface area contributed by atoms with Crippen LogP contribution in [0.5, 0.6) is 0 Å². The van der Waals surface area contributed by atoms with Gasteiger partial charge in [0, 0.05) is 0 Å². The van der Waals surface area contributed by atoms with Crippen molar-refractivity contribution in [2.45, 2.75) is 61.8 Å². The van der Waals surface area contributed by atoms with Crippen LogP contribution in [-0.4, -0.2) is 0 Å². The van der Waals surface area contributed by atoms with E-state index in [0.29, 0.717) is 0 Å². The van der Waals surface area contributed by atoms with Crippen LogP contribution in [-0.2, 0) is 0 Å². The first-order chi connectivity index (χ1) is 6.68. The summed E-state index contributed by atoms with van der Waals surface area (Å²) in [7, 11) is 0. The molecular weight excluding hydrogens is 168 g/mol. The van der Waals surface area contributed by atoms with E-state index in [2.05, 4.69) is 40.5 Å². The van der Waals surface area contributed by atoms with Gasteiger partial charge in [-0.3, -0.25) is 0 Å². The molecule has 0 atom stereocenters. The van der Waals surface area contributed by atoms with Crippen molar-refractivity contribution in [2.24, 2.45) is 5.92 Å². The molecule has 0 radical (unpaired) electrons. The fourth-order valence-corrected chi connectivity index (χ4v) is 0. The number of allylic oxidation sites excluding steroid dienone is 1. The van der Waals surface area contributed by atoms with Gasteiger partial charge in [0.1, 0.15) is 0 Å². The van der Waals surface area contributed by atoms with E-state index in [1.165, 1.54) is 6.42 Å². The first-order valence-electron chi connectivity index (χ1n) is 5.76. The molecule has 0 saturated heterocycles. The molecule has 0 aliphatic heterocycles. The monoisotopic (exact) mass is 202 g/mol. The summed E-state index contributed by atoms with van der Waals surface area (Å²) in [6, 6.07) is 0. The largest absolute Gasteiger partial charge is 0.106 e. The summed E-state index contributed by atoms with van der Waals surface area (Å²) in [6.45, 7) is 25.9. The first-order valence-corrected chi connectivity index (χ1v) is 5.76. The quantitative estimate of drug-likeness (QED) is 0.451. The van der Waals surface area contributed by atoms with Gasteiger partial charge in [-0.1, -0.05) is 61.0 Å². The molecule has 0 unspecified atom stereocenters. The average molecular weight is 202 g/mol. The summed E-state index contributed by atoms with van der Waals surface area (Å²) in [5, 5.41) is 0. The normalized spacial score (nSPS) is 5.50. The fourth-order valence-electron chi connectivity index (χ4n) is 0. The first kappa shape index (κ1) is 29.2. The molecule has 0 bridgehead atoms. The third-order valence-corrected chi connectivity index (χ3v) is 0.816. The van der Waals surface area contributed by atoms with Gasteiger partial charge in [-0.05, 0) is 12.8 Å². The Kier molecular flexibility index (Phi) is 171. The second-order valence-corrected chi connectivity index (χ2v) is 2.21. The van der Waals surface area contributed by atoms with Crippen molar-refractivity contribution in [3.05, 3.63) is 25.8 Å². The summed E-state index contributed by atoms with van der Waals surface area (Å²) in [5.41, 5.74) is 0. The van der Waals surface area contributed by atoms with Crippen LogP contribution in [0.1, 0.15) is 61.8 Å². The molecular formula is C14H34. The Morgan fingerprint density at radius 3 is 1.07 bits per heavy atom. The lowest BCUT2D eigenvalue weighted by Crippen LogP contribution is -1.77. The molecule has 0 N–H and O–H groups in total. The molecule has 0 amide bonds. The molecule has 0 nitrogen and oxygen atoms in total. The minimum atomic E-state index is 0.884. The van der Waals surface area contributed by atoms with Crippen LogP contribution < -0.4 is 0 Å². The van der Waals surface area contributed by atoms with Crippen LogP contribution in [0.15, 0.2) is 25.8 Å². The maximum Gasteiger partial charge on any atom is -0.0473 e. The van der Waals surface area contributed by atoms with Crippen LogP contribution >= 0.6 is 0 Å². The number of hydrogen-bond donors (Lipinski definition) is 0. The fraction of sp³-hybridized carbons (Fsp3) is 0.714. The molecule has 0 heterocycles. The van der Waals surface area contributed by atoms with Crippen LogP contribution in [0.2, 0.25) is 0 Å². The molecule has 0 aromatic heterocycles. The summed E-state index contributed by atoms with van der Waals surface area (Å²) in [4.78, 5) is 0. The highest BCUT2D eigenvalue weighted by molar-refractivity contribution is 4.51. The van der Waals surface area contributed by atoms with Crippen molar-refractivity contribution in [1.29, 1.82) is 0 Å². The van der Waals surface area contributed by atoms with Crippen molar-refractivity contribution < 1.29 is 0 Å². The lowest BCUT2D eigenvalue weighted by Gasteiger charge is -1.90. The summed E-state index contributed by atoms with van der Waals surface area (Å²) in [6.07, 6.45) is 3.06. The minimum absolute atomic E-state index is 0.884. The van der Waals surface area contributed by atoms with Crippen LogP contribution in [0.25, 0.3) is 0 Å². The maximum atomic E-state index is 3.36. The van der Waals surface area contributed by atoms with E-state index in [9.17, 15) is 0 Å². The zero-order valence-corrected chi connectivity index (χ0v) is 12.0. The highest BCUT2D eigenvalue weighted by Gasteiger charge is 1.80. The van der Waals surface area contributed by atoms with E-state index >= 15 is 0 Å². The Hall–Kier alpha value is -0.520. The second-order valence-electron chi connectivity index (χ2n) is 2.21. The van der Waals surface area contributed by atoms with Gasteiger partial charge in [-0.15, -0.1) is 19.7 Å². The van der Waals surface area contributed by atoms with Crippen molar-refractivity contribution in [2.75, 3.05) is 0 Å². The smallest absolute Gasteiger partial charge is 0.0473 e. The van der Waals surface area contributed by atoms with Gasteiger partial charge >= 0.3 is 0 Å². The van der Waals surface area contributed by atoms with Gasteiger partial charge in [0.15, 0.2) is 0 Å². The Morgan fingerprint density at radius 1 is 1.00 bits per heavy atom. The molecule has 0 aromatic rings. The van der Waals surface area contributed by atoms with Crippen LogP contribution in [0, 0.1) is 5.92 Å². The predicted molar refractivity (Wildman–Crippen MR) is 75.0 cm³/mol. The van der Waals surface area contributed by atoms with Gasteiger partial charge in [0.05, 0.1) is 0 Å². The van der Waals surface area contributed by atoms with Gasteiger partial charge in [0.2, 0.25) is 0 Å². The molecule has 0 aliphatic rings. The molecule has 0 spiro atoms. The number of rotatable bonds is 1. The summed E-state index contributed by atoms with van der Waals surface area (Å²) < 4.78 is 0. The Bertz CT molecular complexity index is 44.0. The molecule has 0 aromatic carbocycles. The van der Waals surface area contributed by atoms with E-state index < -0.39 is 0 Å². The standard InChI is InChI=1S/C5H12.C3H6.2C2H6.C2H4/c1-4-5(2)3;1-3-2;3*1-2/h5H,4H2,1-3H3;3H,1H2,2H3;2*1-2H3;1-2H2. The molecule has 90 valence electrons. The van der Waals surface area contributed by atoms with Crippen molar-refractivity contribution in [1.82, 2.24) is 0 Å². The summed E-state index contributed by atoms with van der Waals surface area (Å²) >= 11 is 0. The second kappa shape index (κ2) is 81.9. The van der Waals surface area contributed by atoms with E-state index in [0.717, 1.165) is 5.92 Å². The van der Waals surface area contributed by atoms with Gasteiger partial charge in [-0.25, -0.2) is 0 Å². The zero-order chi connectivity index (χ0) is 13.0. The van der Waals surface area contributed by atoms with Gasteiger partial charge in [-0.2, -0.15) is 0 Å². The highest BCUT2D eigenvalue weighted by Crippen LogP contribution is 1.93. The lowest BCUT2D eigenvalue weighted by atomic mass is 10.2. The molecule has 14 heavy (non-hydrogen) atoms. The maximum absolute atomic E-state index is 3.36. The van der Waals surface area contributed by atoms with E-state index in [1.54, 1.807) is 6.08 Å². The van der Waals surface area contributed by atoms with E-state index in [-0.39, 0.29) is 0 Å². The predicted octanol–water partition coefficient (Wildman–Crippen LogP) is 6.10. The molecule has 0 aliphatic carbocycles. The Balaban J connectivity index is -0.0000000263. The SMILES string of the molecule is C=C.C=CC.CC.CC.CCC(C)C. The number of hydrogen-bond acceptors (Lipinski definition) is 0. The van der Waals surface area contributed by atoms with E-state index in [4.69, 9.17) is 0 Å². The zero-order valence-electron chi connectivity index (χ0n) is 12.0. The third-order valence-electron chi connectivity index (χ3n) is 0.816. The van der Waals surface area contributed by atoms with Crippen LogP contribution in [0.3, 0.4) is 0 Å². The minimum Gasteiger partial charge on any atom is -0.106 e. The molecule has 0 heteroatoms. The third kappa shape index (κ3) is 576. The topological polar surface area (TPSA) is 0 Å². The average Bonchev–Trinajstić information content (AvgIpc) is 2.27. The Labute approximate surface area is 94.1 Å². The van der Waals surface area contributed by atoms with Gasteiger partial charge < -0.3 is 0 Å². The molecule has 0 rings (SSSR count). The van der Waals surface area contributed by atoms with Crippen molar-refractivity contribution in [3.63, 3.8) is 0 Å².